The Bertz CT molecular complexity index is 396. The first-order valence-corrected chi connectivity index (χ1v) is 7.48. The Hall–Kier alpha value is -0.580. The van der Waals surface area contributed by atoms with Gasteiger partial charge in [-0.2, -0.15) is 0 Å². The van der Waals surface area contributed by atoms with Gasteiger partial charge >= 0.3 is 0 Å². The molecule has 0 amide bonds. The van der Waals surface area contributed by atoms with Crippen LogP contribution in [-0.4, -0.2) is 39.7 Å². The second-order valence-electron chi connectivity index (χ2n) is 5.03. The Morgan fingerprint density at radius 2 is 2.05 bits per heavy atom. The lowest BCUT2D eigenvalue weighted by Gasteiger charge is -2.32. The van der Waals surface area contributed by atoms with Crippen LogP contribution in [0.2, 0.25) is 0 Å². The zero-order valence-electron chi connectivity index (χ0n) is 12.5. The summed E-state index contributed by atoms with van der Waals surface area (Å²) in [4.78, 5) is 2.29. The lowest BCUT2D eigenvalue weighted by Crippen LogP contribution is -2.33. The van der Waals surface area contributed by atoms with Crippen molar-refractivity contribution in [3.8, 4) is 5.75 Å². The Kier molecular flexibility index (Phi) is 6.83. The van der Waals surface area contributed by atoms with Crippen LogP contribution in [0.4, 0.5) is 0 Å². The van der Waals surface area contributed by atoms with Crippen molar-refractivity contribution < 1.29 is 4.74 Å². The molecule has 19 heavy (non-hydrogen) atoms. The van der Waals surface area contributed by atoms with Gasteiger partial charge in [-0.05, 0) is 67.2 Å². The highest BCUT2D eigenvalue weighted by atomic mass is 79.9. The maximum Gasteiger partial charge on any atom is 0.133 e. The number of benzene rings is 1. The number of nitrogens with one attached hydrogen (secondary N) is 1. The van der Waals surface area contributed by atoms with E-state index in [0.717, 1.165) is 23.2 Å². The van der Waals surface area contributed by atoms with Gasteiger partial charge in [0.15, 0.2) is 0 Å². The van der Waals surface area contributed by atoms with E-state index in [1.54, 1.807) is 7.11 Å². The number of methoxy groups -OCH3 is 1. The van der Waals surface area contributed by atoms with Crippen LogP contribution < -0.4 is 10.1 Å². The van der Waals surface area contributed by atoms with Gasteiger partial charge in [0.2, 0.25) is 0 Å². The number of rotatable bonds is 7. The van der Waals surface area contributed by atoms with E-state index in [0.29, 0.717) is 12.0 Å². The van der Waals surface area contributed by atoms with Gasteiger partial charge in [-0.1, -0.05) is 19.4 Å². The van der Waals surface area contributed by atoms with Crippen molar-refractivity contribution in [3.63, 3.8) is 0 Å². The highest BCUT2D eigenvalue weighted by Gasteiger charge is 2.24. The van der Waals surface area contributed by atoms with Crippen LogP contribution in [0.25, 0.3) is 0 Å². The minimum absolute atomic E-state index is 0.402. The molecule has 0 saturated carbocycles. The summed E-state index contributed by atoms with van der Waals surface area (Å²) in [5.41, 5.74) is 1.32. The topological polar surface area (TPSA) is 24.5 Å². The largest absolute Gasteiger partial charge is 0.496 e. The third-order valence-corrected chi connectivity index (χ3v) is 4.13. The van der Waals surface area contributed by atoms with Gasteiger partial charge < -0.3 is 15.0 Å². The molecular weight excluding hydrogens is 304 g/mol. The zero-order chi connectivity index (χ0) is 14.4. The average molecular weight is 329 g/mol. The molecular formula is C15H25BrN2O. The molecule has 0 bridgehead atoms. The van der Waals surface area contributed by atoms with E-state index in [1.165, 1.54) is 5.56 Å². The summed E-state index contributed by atoms with van der Waals surface area (Å²) in [5.74, 6) is 1.46. The number of hydrogen-bond donors (Lipinski definition) is 1. The fourth-order valence-corrected chi connectivity index (χ4v) is 3.16. The lowest BCUT2D eigenvalue weighted by molar-refractivity contribution is 0.204. The summed E-state index contributed by atoms with van der Waals surface area (Å²) in [5, 5.41) is 3.30. The quantitative estimate of drug-likeness (QED) is 0.831. The van der Waals surface area contributed by atoms with Crippen LogP contribution in [0.1, 0.15) is 24.9 Å². The van der Waals surface area contributed by atoms with E-state index >= 15 is 0 Å². The fraction of sp³-hybridized carbons (Fsp3) is 0.600. The zero-order valence-corrected chi connectivity index (χ0v) is 14.1. The smallest absolute Gasteiger partial charge is 0.133 e. The Labute approximate surface area is 125 Å². The van der Waals surface area contributed by atoms with Crippen molar-refractivity contribution in [1.29, 1.82) is 0 Å². The Balaban J connectivity index is 3.08. The molecule has 2 unspecified atom stereocenters. The molecule has 0 aliphatic rings. The molecule has 1 aromatic carbocycles. The van der Waals surface area contributed by atoms with E-state index in [-0.39, 0.29) is 0 Å². The summed E-state index contributed by atoms with van der Waals surface area (Å²) in [6, 6.07) is 6.76. The highest BCUT2D eigenvalue weighted by Crippen LogP contribution is 2.34. The van der Waals surface area contributed by atoms with E-state index in [4.69, 9.17) is 4.74 Å². The summed E-state index contributed by atoms with van der Waals surface area (Å²) >= 11 is 3.58. The van der Waals surface area contributed by atoms with Crippen molar-refractivity contribution >= 4 is 15.9 Å². The molecule has 2 atom stereocenters. The molecule has 0 aliphatic heterocycles. The SMILES string of the molecule is CCC(CNC)C(c1ccc(OC)c(Br)c1)N(C)C. The summed E-state index contributed by atoms with van der Waals surface area (Å²) in [6.45, 7) is 3.26. The van der Waals surface area contributed by atoms with Gasteiger partial charge in [-0.3, -0.25) is 0 Å². The third kappa shape index (κ3) is 4.20. The van der Waals surface area contributed by atoms with Crippen LogP contribution in [0, 0.1) is 5.92 Å². The van der Waals surface area contributed by atoms with E-state index in [1.807, 2.05) is 13.1 Å². The van der Waals surface area contributed by atoms with Crippen LogP contribution >= 0.6 is 15.9 Å². The van der Waals surface area contributed by atoms with Gasteiger partial charge in [0.25, 0.3) is 0 Å². The van der Waals surface area contributed by atoms with Gasteiger partial charge in [0, 0.05) is 6.04 Å². The van der Waals surface area contributed by atoms with Gasteiger partial charge in [-0.25, -0.2) is 0 Å². The predicted molar refractivity (Wildman–Crippen MR) is 84.8 cm³/mol. The normalized spacial score (nSPS) is 14.5. The maximum absolute atomic E-state index is 5.30. The second kappa shape index (κ2) is 7.88. The lowest BCUT2D eigenvalue weighted by atomic mass is 9.90. The Morgan fingerprint density at radius 3 is 2.47 bits per heavy atom. The third-order valence-electron chi connectivity index (χ3n) is 3.51. The van der Waals surface area contributed by atoms with E-state index in [2.05, 4.69) is 59.3 Å². The van der Waals surface area contributed by atoms with Gasteiger partial charge in [-0.15, -0.1) is 0 Å². The molecule has 1 rings (SSSR count). The molecule has 0 heterocycles. The first-order valence-electron chi connectivity index (χ1n) is 6.69. The summed E-state index contributed by atoms with van der Waals surface area (Å²) in [6.07, 6.45) is 1.15. The van der Waals surface area contributed by atoms with Crippen LogP contribution in [-0.2, 0) is 0 Å². The molecule has 1 aromatic rings. The minimum Gasteiger partial charge on any atom is -0.496 e. The maximum atomic E-state index is 5.30. The number of halogens is 1. The summed E-state index contributed by atoms with van der Waals surface area (Å²) < 4.78 is 6.31. The van der Waals surface area contributed by atoms with E-state index in [9.17, 15) is 0 Å². The van der Waals surface area contributed by atoms with E-state index < -0.39 is 0 Å². The van der Waals surface area contributed by atoms with Crippen molar-refractivity contribution in [2.24, 2.45) is 5.92 Å². The van der Waals surface area contributed by atoms with Crippen LogP contribution in [0.15, 0.2) is 22.7 Å². The highest BCUT2D eigenvalue weighted by molar-refractivity contribution is 9.10. The molecule has 0 radical (unpaired) electrons. The molecule has 0 saturated heterocycles. The molecule has 0 spiro atoms. The molecule has 0 fully saturated rings. The Morgan fingerprint density at radius 1 is 1.37 bits per heavy atom. The molecule has 3 nitrogen and oxygen atoms in total. The fourth-order valence-electron chi connectivity index (χ4n) is 2.60. The molecule has 0 aromatic heterocycles. The van der Waals surface area contributed by atoms with Crippen molar-refractivity contribution in [2.75, 3.05) is 34.8 Å². The molecule has 108 valence electrons. The van der Waals surface area contributed by atoms with Crippen molar-refractivity contribution in [2.45, 2.75) is 19.4 Å². The van der Waals surface area contributed by atoms with Crippen LogP contribution in [0.5, 0.6) is 5.75 Å². The van der Waals surface area contributed by atoms with Gasteiger partial charge in [0.1, 0.15) is 5.75 Å². The van der Waals surface area contributed by atoms with Crippen molar-refractivity contribution in [3.05, 3.63) is 28.2 Å². The summed E-state index contributed by atoms with van der Waals surface area (Å²) in [7, 11) is 7.99. The first-order chi connectivity index (χ1) is 9.04. The number of ether oxygens (including phenoxy) is 1. The standard InChI is InChI=1S/C15H25BrN2O/c1-6-11(10-17-2)15(18(3)4)12-7-8-14(19-5)13(16)9-12/h7-9,11,15,17H,6,10H2,1-5H3. The average Bonchev–Trinajstić information content (AvgIpc) is 2.38. The van der Waals surface area contributed by atoms with Gasteiger partial charge in [0.05, 0.1) is 11.6 Å². The predicted octanol–water partition coefficient (Wildman–Crippen LogP) is 3.31. The van der Waals surface area contributed by atoms with Crippen LogP contribution in [0.3, 0.4) is 0 Å². The molecule has 1 N–H and O–H groups in total. The number of hydrogen-bond acceptors (Lipinski definition) is 3. The van der Waals surface area contributed by atoms with Crippen molar-refractivity contribution in [1.82, 2.24) is 10.2 Å². The molecule has 0 aliphatic carbocycles. The molecule has 4 heteroatoms. The monoisotopic (exact) mass is 328 g/mol. The second-order valence-corrected chi connectivity index (χ2v) is 5.88. The minimum atomic E-state index is 0.402. The first kappa shape index (κ1) is 16.5. The number of nitrogens with zero attached hydrogens (tertiary/aromatic N) is 1.